The summed E-state index contributed by atoms with van der Waals surface area (Å²) in [5.74, 6) is 0. The van der Waals surface area contributed by atoms with Gasteiger partial charge < -0.3 is 14.6 Å². The van der Waals surface area contributed by atoms with Crippen molar-refractivity contribution in [1.82, 2.24) is 9.88 Å². The van der Waals surface area contributed by atoms with Crippen LogP contribution < -0.4 is 5.32 Å². The molecule has 1 fully saturated rings. The molecule has 1 N–H and O–H groups in total. The molecule has 1 aliphatic rings. The smallest absolute Gasteiger partial charge is 0.0674 e. The van der Waals surface area contributed by atoms with Gasteiger partial charge in [-0.25, -0.2) is 0 Å². The number of benzene rings is 1. The lowest BCUT2D eigenvalue weighted by Gasteiger charge is -2.15. The van der Waals surface area contributed by atoms with Gasteiger partial charge in [-0.1, -0.05) is 25.1 Å². The van der Waals surface area contributed by atoms with Crippen molar-refractivity contribution < 1.29 is 4.74 Å². The van der Waals surface area contributed by atoms with E-state index in [0.29, 0.717) is 6.04 Å². The van der Waals surface area contributed by atoms with Crippen LogP contribution in [-0.4, -0.2) is 24.3 Å². The van der Waals surface area contributed by atoms with Crippen molar-refractivity contribution >= 4 is 10.9 Å². The molecule has 0 saturated carbocycles. The highest BCUT2D eigenvalue weighted by molar-refractivity contribution is 5.83. The molecule has 96 valence electrons. The van der Waals surface area contributed by atoms with E-state index in [0.717, 1.165) is 32.7 Å². The van der Waals surface area contributed by atoms with Crippen LogP contribution in [0.5, 0.6) is 0 Å². The van der Waals surface area contributed by atoms with E-state index in [-0.39, 0.29) is 0 Å². The third-order valence-electron chi connectivity index (χ3n) is 3.69. The van der Waals surface area contributed by atoms with Crippen molar-refractivity contribution in [3.8, 4) is 0 Å². The first-order valence-electron chi connectivity index (χ1n) is 6.77. The largest absolute Gasteiger partial charge is 0.379 e. The van der Waals surface area contributed by atoms with Crippen LogP contribution in [0.1, 0.15) is 24.9 Å². The molecule has 1 aliphatic heterocycles. The van der Waals surface area contributed by atoms with Gasteiger partial charge in [0.15, 0.2) is 0 Å². The van der Waals surface area contributed by atoms with Crippen LogP contribution >= 0.6 is 0 Å². The van der Waals surface area contributed by atoms with Gasteiger partial charge >= 0.3 is 0 Å². The Morgan fingerprint density at radius 2 is 2.33 bits per heavy atom. The van der Waals surface area contributed by atoms with Gasteiger partial charge in [0, 0.05) is 19.3 Å². The van der Waals surface area contributed by atoms with E-state index >= 15 is 0 Å². The zero-order chi connectivity index (χ0) is 12.4. The molecule has 0 spiro atoms. The van der Waals surface area contributed by atoms with Crippen LogP contribution in [0.15, 0.2) is 30.5 Å². The van der Waals surface area contributed by atoms with Crippen LogP contribution in [0.4, 0.5) is 0 Å². The Kier molecular flexibility index (Phi) is 3.35. The van der Waals surface area contributed by atoms with Gasteiger partial charge in [-0.3, -0.25) is 0 Å². The minimum absolute atomic E-state index is 0.505. The van der Waals surface area contributed by atoms with Gasteiger partial charge in [-0.05, 0) is 30.0 Å². The average Bonchev–Trinajstić information content (AvgIpc) is 3.04. The molecule has 0 bridgehead atoms. The molecule has 1 unspecified atom stereocenters. The molecule has 1 aromatic heterocycles. The number of hydrogen-bond donors (Lipinski definition) is 1. The Morgan fingerprint density at radius 1 is 1.39 bits per heavy atom. The van der Waals surface area contributed by atoms with Crippen molar-refractivity contribution in [2.75, 3.05) is 19.8 Å². The van der Waals surface area contributed by atoms with Gasteiger partial charge in [-0.2, -0.15) is 0 Å². The highest BCUT2D eigenvalue weighted by atomic mass is 16.5. The van der Waals surface area contributed by atoms with Crippen LogP contribution in [0.3, 0.4) is 0 Å². The minimum atomic E-state index is 0.505. The molecule has 2 heterocycles. The third kappa shape index (κ3) is 2.04. The summed E-state index contributed by atoms with van der Waals surface area (Å²) in [4.78, 5) is 0. The Bertz CT molecular complexity index is 526. The van der Waals surface area contributed by atoms with E-state index in [9.17, 15) is 0 Å². The molecule has 1 atom stereocenters. The Hall–Kier alpha value is -1.32. The second-order valence-electron chi connectivity index (χ2n) is 4.88. The van der Waals surface area contributed by atoms with E-state index in [1.807, 2.05) is 0 Å². The Balaban J connectivity index is 2.03. The van der Waals surface area contributed by atoms with E-state index in [1.54, 1.807) is 0 Å². The van der Waals surface area contributed by atoms with E-state index < -0.39 is 0 Å². The van der Waals surface area contributed by atoms with Gasteiger partial charge in [0.05, 0.1) is 18.2 Å². The summed E-state index contributed by atoms with van der Waals surface area (Å²) in [6.07, 6.45) is 3.33. The van der Waals surface area contributed by atoms with Crippen molar-refractivity contribution in [2.24, 2.45) is 0 Å². The zero-order valence-electron chi connectivity index (χ0n) is 10.9. The second kappa shape index (κ2) is 5.12. The average molecular weight is 244 g/mol. The fourth-order valence-corrected chi connectivity index (χ4v) is 2.74. The predicted octanol–water partition coefficient (Wildman–Crippen LogP) is 2.71. The van der Waals surface area contributed by atoms with E-state index in [2.05, 4.69) is 47.3 Å². The van der Waals surface area contributed by atoms with Crippen molar-refractivity contribution in [3.05, 3.63) is 36.0 Å². The second-order valence-corrected chi connectivity index (χ2v) is 4.88. The summed E-state index contributed by atoms with van der Waals surface area (Å²) in [7, 11) is 0. The van der Waals surface area contributed by atoms with Crippen molar-refractivity contribution in [2.45, 2.75) is 25.9 Å². The van der Waals surface area contributed by atoms with E-state index in [4.69, 9.17) is 4.74 Å². The fraction of sp³-hybridized carbons (Fsp3) is 0.467. The zero-order valence-corrected chi connectivity index (χ0v) is 10.9. The van der Waals surface area contributed by atoms with Gasteiger partial charge in [0.1, 0.15) is 0 Å². The predicted molar refractivity (Wildman–Crippen MR) is 73.8 cm³/mol. The van der Waals surface area contributed by atoms with E-state index in [1.165, 1.54) is 16.5 Å². The molecule has 0 aliphatic carbocycles. The normalized spacial score (nSPS) is 19.7. The van der Waals surface area contributed by atoms with Gasteiger partial charge in [0.25, 0.3) is 0 Å². The first kappa shape index (κ1) is 11.8. The SMILES string of the molecule is CCNCc1cccc2ccn(C3CCOC3)c12. The van der Waals surface area contributed by atoms with Crippen LogP contribution in [0, 0.1) is 0 Å². The quantitative estimate of drug-likeness (QED) is 0.895. The fourth-order valence-electron chi connectivity index (χ4n) is 2.74. The summed E-state index contributed by atoms with van der Waals surface area (Å²) in [6.45, 7) is 5.82. The van der Waals surface area contributed by atoms with Crippen molar-refractivity contribution in [1.29, 1.82) is 0 Å². The maximum Gasteiger partial charge on any atom is 0.0674 e. The molecular weight excluding hydrogens is 224 g/mol. The molecule has 0 amide bonds. The maximum atomic E-state index is 5.51. The summed E-state index contributed by atoms with van der Waals surface area (Å²) in [6, 6.07) is 9.27. The van der Waals surface area contributed by atoms with Crippen LogP contribution in [0.25, 0.3) is 10.9 Å². The van der Waals surface area contributed by atoms with Crippen LogP contribution in [0.2, 0.25) is 0 Å². The number of para-hydroxylation sites is 1. The number of nitrogens with zero attached hydrogens (tertiary/aromatic N) is 1. The molecule has 18 heavy (non-hydrogen) atoms. The lowest BCUT2D eigenvalue weighted by molar-refractivity contribution is 0.187. The van der Waals surface area contributed by atoms with Crippen molar-refractivity contribution in [3.63, 3.8) is 0 Å². The summed E-state index contributed by atoms with van der Waals surface area (Å²) < 4.78 is 7.91. The topological polar surface area (TPSA) is 26.2 Å². The first-order valence-corrected chi connectivity index (χ1v) is 6.77. The minimum Gasteiger partial charge on any atom is -0.379 e. The molecule has 0 radical (unpaired) electrons. The number of nitrogens with one attached hydrogen (secondary N) is 1. The maximum absolute atomic E-state index is 5.51. The highest BCUT2D eigenvalue weighted by Crippen LogP contribution is 2.28. The molecular formula is C15H20N2O. The van der Waals surface area contributed by atoms with Gasteiger partial charge in [0.2, 0.25) is 0 Å². The summed E-state index contributed by atoms with van der Waals surface area (Å²) in [5.41, 5.74) is 2.75. The molecule has 1 saturated heterocycles. The number of ether oxygens (including phenoxy) is 1. The Labute approximate surface area is 108 Å². The lowest BCUT2D eigenvalue weighted by Crippen LogP contribution is -2.14. The summed E-state index contributed by atoms with van der Waals surface area (Å²) >= 11 is 0. The molecule has 1 aromatic carbocycles. The van der Waals surface area contributed by atoms with Gasteiger partial charge in [-0.15, -0.1) is 0 Å². The number of fused-ring (bicyclic) bond motifs is 1. The third-order valence-corrected chi connectivity index (χ3v) is 3.69. The molecule has 3 heteroatoms. The molecule has 2 aromatic rings. The number of hydrogen-bond acceptors (Lipinski definition) is 2. The van der Waals surface area contributed by atoms with Crippen LogP contribution in [-0.2, 0) is 11.3 Å². The molecule has 3 rings (SSSR count). The lowest BCUT2D eigenvalue weighted by atomic mass is 10.1. The Morgan fingerprint density at radius 3 is 3.11 bits per heavy atom. The number of rotatable bonds is 4. The first-order chi connectivity index (χ1) is 8.90. The molecule has 3 nitrogen and oxygen atoms in total. The number of aromatic nitrogens is 1. The standard InChI is InChI=1S/C15H20N2O/c1-2-16-10-13-5-3-4-12-6-8-17(15(12)13)14-7-9-18-11-14/h3-6,8,14,16H,2,7,9-11H2,1H3. The monoisotopic (exact) mass is 244 g/mol. The summed E-state index contributed by atoms with van der Waals surface area (Å²) in [5, 5.41) is 4.75. The highest BCUT2D eigenvalue weighted by Gasteiger charge is 2.19.